The number of H-pyrrole nitrogens is 1. The predicted molar refractivity (Wildman–Crippen MR) is 138 cm³/mol. The summed E-state index contributed by atoms with van der Waals surface area (Å²) in [6.45, 7) is 5.43. The molecule has 1 aliphatic carbocycles. The number of aromatic amines is 1. The van der Waals surface area contributed by atoms with Gasteiger partial charge in [0.1, 0.15) is 5.75 Å². The average molecular weight is 488 g/mol. The first-order valence-electron chi connectivity index (χ1n) is 12.6. The van der Waals surface area contributed by atoms with Crippen LogP contribution in [0.2, 0.25) is 0 Å². The number of rotatable bonds is 9. The Balaban J connectivity index is 1.56. The number of nitrogens with zero attached hydrogens (tertiary/aromatic N) is 6. The lowest BCUT2D eigenvalue weighted by molar-refractivity contribution is 0.123. The second kappa shape index (κ2) is 10.6. The molecule has 3 aromatic heterocycles. The quantitative estimate of drug-likeness (QED) is 0.372. The molecule has 1 unspecified atom stereocenters. The van der Waals surface area contributed by atoms with Crippen LogP contribution in [0, 0.1) is 5.92 Å². The number of tetrazole rings is 1. The van der Waals surface area contributed by atoms with Crippen molar-refractivity contribution in [2.24, 2.45) is 5.92 Å². The number of pyridine rings is 2. The van der Waals surface area contributed by atoms with Gasteiger partial charge in [-0.1, -0.05) is 32.8 Å². The van der Waals surface area contributed by atoms with Crippen LogP contribution in [0.1, 0.15) is 68.6 Å². The molecular weight excluding hydrogens is 454 g/mol. The SMILES string of the molecule is COc1ccc2[nH]c(=O)c(CN(Cc3cccnc3)C(c3nnnn3C3CCCC3)C(C)C)cc2c1. The minimum Gasteiger partial charge on any atom is -0.497 e. The molecule has 5 rings (SSSR count). The van der Waals surface area contributed by atoms with Crippen molar-refractivity contribution in [3.8, 4) is 5.75 Å². The van der Waals surface area contributed by atoms with Crippen molar-refractivity contribution in [3.05, 3.63) is 76.1 Å². The van der Waals surface area contributed by atoms with Crippen molar-refractivity contribution in [3.63, 3.8) is 0 Å². The summed E-state index contributed by atoms with van der Waals surface area (Å²) >= 11 is 0. The minimum atomic E-state index is -0.0956. The molecule has 0 radical (unpaired) electrons. The van der Waals surface area contributed by atoms with E-state index in [1.54, 1.807) is 13.3 Å². The van der Waals surface area contributed by atoms with Gasteiger partial charge in [0.2, 0.25) is 0 Å². The molecule has 1 saturated carbocycles. The van der Waals surface area contributed by atoms with E-state index >= 15 is 0 Å². The minimum absolute atomic E-state index is 0.0822. The van der Waals surface area contributed by atoms with Crippen molar-refractivity contribution in [1.29, 1.82) is 0 Å². The van der Waals surface area contributed by atoms with E-state index in [0.29, 0.717) is 24.7 Å². The third kappa shape index (κ3) is 5.02. The molecule has 1 fully saturated rings. The van der Waals surface area contributed by atoms with E-state index in [1.807, 2.05) is 41.2 Å². The van der Waals surface area contributed by atoms with Gasteiger partial charge < -0.3 is 9.72 Å². The molecule has 0 amide bonds. The Hall–Kier alpha value is -3.59. The summed E-state index contributed by atoms with van der Waals surface area (Å²) in [5.74, 6) is 1.83. The van der Waals surface area contributed by atoms with E-state index in [2.05, 4.69) is 50.3 Å². The summed E-state index contributed by atoms with van der Waals surface area (Å²) in [5, 5.41) is 14.0. The highest BCUT2D eigenvalue weighted by atomic mass is 16.5. The molecule has 3 heterocycles. The highest BCUT2D eigenvalue weighted by Gasteiger charge is 2.32. The summed E-state index contributed by atoms with van der Waals surface area (Å²) in [6.07, 6.45) is 8.24. The van der Waals surface area contributed by atoms with Crippen LogP contribution in [-0.4, -0.2) is 42.2 Å². The third-order valence-electron chi connectivity index (χ3n) is 7.09. The highest BCUT2D eigenvalue weighted by molar-refractivity contribution is 5.80. The lowest BCUT2D eigenvalue weighted by Crippen LogP contribution is -2.35. The maximum absolute atomic E-state index is 13.2. The number of benzene rings is 1. The van der Waals surface area contributed by atoms with E-state index in [-0.39, 0.29) is 17.5 Å². The van der Waals surface area contributed by atoms with Gasteiger partial charge in [-0.15, -0.1) is 5.10 Å². The van der Waals surface area contributed by atoms with Gasteiger partial charge in [0.05, 0.1) is 19.2 Å². The van der Waals surface area contributed by atoms with Gasteiger partial charge in [0.25, 0.3) is 5.56 Å². The number of hydrogen-bond acceptors (Lipinski definition) is 7. The van der Waals surface area contributed by atoms with Gasteiger partial charge >= 0.3 is 0 Å². The monoisotopic (exact) mass is 487 g/mol. The lowest BCUT2D eigenvalue weighted by atomic mass is 9.99. The van der Waals surface area contributed by atoms with E-state index in [9.17, 15) is 4.79 Å². The molecule has 36 heavy (non-hydrogen) atoms. The molecular formula is C27H33N7O2. The highest BCUT2D eigenvalue weighted by Crippen LogP contribution is 2.35. The van der Waals surface area contributed by atoms with Gasteiger partial charge in [-0.3, -0.25) is 14.7 Å². The zero-order valence-corrected chi connectivity index (χ0v) is 21.1. The number of methoxy groups -OCH3 is 1. The van der Waals surface area contributed by atoms with Crippen molar-refractivity contribution >= 4 is 10.9 Å². The molecule has 188 valence electrons. The number of aromatic nitrogens is 6. The molecule has 1 aliphatic rings. The van der Waals surface area contributed by atoms with Gasteiger partial charge in [0.15, 0.2) is 5.82 Å². The summed E-state index contributed by atoms with van der Waals surface area (Å²) in [7, 11) is 1.64. The van der Waals surface area contributed by atoms with Crippen LogP contribution in [0.15, 0.2) is 53.6 Å². The largest absolute Gasteiger partial charge is 0.497 e. The van der Waals surface area contributed by atoms with Crippen LogP contribution in [-0.2, 0) is 13.1 Å². The first kappa shape index (κ1) is 24.1. The van der Waals surface area contributed by atoms with E-state index in [4.69, 9.17) is 4.74 Å². The summed E-state index contributed by atoms with van der Waals surface area (Å²) in [6, 6.07) is 11.9. The molecule has 0 aliphatic heterocycles. The van der Waals surface area contributed by atoms with Gasteiger partial charge in [-0.2, -0.15) is 0 Å². The third-order valence-corrected chi connectivity index (χ3v) is 7.09. The molecule has 9 heteroatoms. The first-order valence-corrected chi connectivity index (χ1v) is 12.6. The van der Waals surface area contributed by atoms with Crippen LogP contribution in [0.25, 0.3) is 10.9 Å². The number of nitrogens with one attached hydrogen (secondary N) is 1. The smallest absolute Gasteiger partial charge is 0.252 e. The summed E-state index contributed by atoms with van der Waals surface area (Å²) in [4.78, 5) is 22.8. The Bertz CT molecular complexity index is 1360. The van der Waals surface area contributed by atoms with Crippen LogP contribution < -0.4 is 10.3 Å². The Morgan fingerprint density at radius 3 is 2.72 bits per heavy atom. The molecule has 0 bridgehead atoms. The Kier molecular flexibility index (Phi) is 7.09. The maximum atomic E-state index is 13.2. The fourth-order valence-electron chi connectivity index (χ4n) is 5.36. The molecule has 4 aromatic rings. The maximum Gasteiger partial charge on any atom is 0.252 e. The Morgan fingerprint density at radius 1 is 1.17 bits per heavy atom. The molecule has 9 nitrogen and oxygen atoms in total. The van der Waals surface area contributed by atoms with Crippen LogP contribution in [0.5, 0.6) is 5.75 Å². The zero-order valence-electron chi connectivity index (χ0n) is 21.1. The topological polar surface area (TPSA) is 102 Å². The fourth-order valence-corrected chi connectivity index (χ4v) is 5.36. The van der Waals surface area contributed by atoms with Crippen molar-refractivity contribution in [2.75, 3.05) is 7.11 Å². The van der Waals surface area contributed by atoms with Gasteiger partial charge in [0, 0.05) is 41.9 Å². The normalized spacial score (nSPS) is 15.2. The zero-order chi connectivity index (χ0) is 25.1. The Labute approximate surface area is 210 Å². The lowest BCUT2D eigenvalue weighted by Gasteiger charge is -2.34. The summed E-state index contributed by atoms with van der Waals surface area (Å²) < 4.78 is 7.43. The molecule has 0 spiro atoms. The standard InChI is InChI=1S/C27H33N7O2/c1-18(2)25(26-30-31-32-34(26)22-8-4-5-9-22)33(16-19-7-6-12-28-15-19)17-21-13-20-14-23(36-3)10-11-24(20)29-27(21)35/h6-7,10-15,18,22,25H,4-5,8-9,16-17H2,1-3H3,(H,29,35). The van der Waals surface area contributed by atoms with Crippen molar-refractivity contribution in [2.45, 2.75) is 64.7 Å². The van der Waals surface area contributed by atoms with Gasteiger partial charge in [-0.25, -0.2) is 4.68 Å². The second-order valence-corrected chi connectivity index (χ2v) is 9.95. The fraction of sp³-hybridized carbons (Fsp3) is 0.444. The van der Waals surface area contributed by atoms with Gasteiger partial charge in [-0.05, 0) is 65.1 Å². The van der Waals surface area contributed by atoms with Crippen molar-refractivity contribution < 1.29 is 4.74 Å². The molecule has 1 atom stereocenters. The average Bonchev–Trinajstić information content (AvgIpc) is 3.57. The number of ether oxygens (including phenoxy) is 1. The second-order valence-electron chi connectivity index (χ2n) is 9.95. The van der Waals surface area contributed by atoms with Crippen molar-refractivity contribution in [1.82, 2.24) is 35.1 Å². The predicted octanol–water partition coefficient (Wildman–Crippen LogP) is 4.43. The van der Waals surface area contributed by atoms with Crippen LogP contribution in [0.3, 0.4) is 0 Å². The van der Waals surface area contributed by atoms with E-state index < -0.39 is 0 Å². The molecule has 1 N–H and O–H groups in total. The number of fused-ring (bicyclic) bond motifs is 1. The first-order chi connectivity index (χ1) is 17.5. The molecule has 1 aromatic carbocycles. The number of hydrogen-bond donors (Lipinski definition) is 1. The Morgan fingerprint density at radius 2 is 2.00 bits per heavy atom. The molecule has 0 saturated heterocycles. The van der Waals surface area contributed by atoms with Crippen LogP contribution >= 0.6 is 0 Å². The van der Waals surface area contributed by atoms with E-state index in [0.717, 1.165) is 40.9 Å². The van der Waals surface area contributed by atoms with E-state index in [1.165, 1.54) is 12.8 Å². The van der Waals surface area contributed by atoms with Crippen LogP contribution in [0.4, 0.5) is 0 Å². The summed E-state index contributed by atoms with van der Waals surface area (Å²) in [5.41, 5.74) is 2.45.